The lowest BCUT2D eigenvalue weighted by Crippen LogP contribution is -2.43. The molecule has 1 aliphatic heterocycles. The number of carbonyl (C=O) groups is 1. The summed E-state index contributed by atoms with van der Waals surface area (Å²) < 4.78 is 0. The molecule has 0 spiro atoms. The minimum Gasteiger partial charge on any atom is -0.481 e. The van der Waals surface area contributed by atoms with E-state index in [2.05, 4.69) is 43.6 Å². The number of H-pyrrole nitrogens is 1. The number of nitrogens with one attached hydrogen (secondary N) is 2. The molecular weight excluding hydrogens is 342 g/mol. The third-order valence-electron chi connectivity index (χ3n) is 5.68. The molecule has 1 aromatic heterocycles. The molecule has 0 amide bonds. The number of hydrogen-bond donors (Lipinski definition) is 3. The molecule has 4 rings (SSSR count). The van der Waals surface area contributed by atoms with Gasteiger partial charge in [0.05, 0.1) is 6.04 Å². The molecule has 0 saturated carbocycles. The summed E-state index contributed by atoms with van der Waals surface area (Å²) in [4.78, 5) is 17.5. The van der Waals surface area contributed by atoms with Gasteiger partial charge >= 0.3 is 5.97 Å². The minimum absolute atomic E-state index is 0.000314. The van der Waals surface area contributed by atoms with Crippen LogP contribution in [0, 0.1) is 0 Å². The zero-order valence-electron chi connectivity index (χ0n) is 15.7. The number of piperidine rings is 1. The topological polar surface area (TPSA) is 94.1 Å². The lowest BCUT2D eigenvalue weighted by molar-refractivity contribution is -0.136. The van der Waals surface area contributed by atoms with E-state index in [1.165, 1.54) is 36.1 Å². The number of aromatic nitrogens is 3. The third-order valence-corrected chi connectivity index (χ3v) is 5.68. The Labute approximate surface area is 159 Å². The molecule has 2 aliphatic rings. The molecule has 1 aromatic carbocycles. The maximum Gasteiger partial charge on any atom is 0.311 e. The molecule has 1 fully saturated rings. The number of rotatable bonds is 6. The predicted molar refractivity (Wildman–Crippen MR) is 103 cm³/mol. The Morgan fingerprint density at radius 2 is 2.11 bits per heavy atom. The number of aromatic amines is 1. The van der Waals surface area contributed by atoms with Crippen molar-refractivity contribution < 1.29 is 9.90 Å². The minimum atomic E-state index is -0.905. The van der Waals surface area contributed by atoms with Crippen molar-refractivity contribution in [1.29, 1.82) is 0 Å². The molecule has 7 nitrogen and oxygen atoms in total. The average molecular weight is 369 g/mol. The van der Waals surface area contributed by atoms with Gasteiger partial charge in [-0.1, -0.05) is 6.07 Å². The monoisotopic (exact) mass is 369 g/mol. The maximum atomic E-state index is 10.8. The van der Waals surface area contributed by atoms with Crippen LogP contribution >= 0.6 is 0 Å². The number of carboxylic acids is 1. The summed E-state index contributed by atoms with van der Waals surface area (Å²) in [6.07, 6.45) is 5.77. The highest BCUT2D eigenvalue weighted by molar-refractivity contribution is 5.68. The summed E-state index contributed by atoms with van der Waals surface area (Å²) in [5.41, 5.74) is 4.41. The van der Waals surface area contributed by atoms with Crippen molar-refractivity contribution in [2.24, 2.45) is 0 Å². The van der Waals surface area contributed by atoms with E-state index in [4.69, 9.17) is 5.11 Å². The molecule has 7 heteroatoms. The van der Waals surface area contributed by atoms with Crippen molar-refractivity contribution in [1.82, 2.24) is 20.5 Å². The van der Waals surface area contributed by atoms with Crippen LogP contribution in [-0.2, 0) is 24.1 Å². The molecule has 2 aromatic rings. The highest BCUT2D eigenvalue weighted by Crippen LogP contribution is 2.28. The van der Waals surface area contributed by atoms with Crippen molar-refractivity contribution in [3.8, 4) is 0 Å². The number of anilines is 1. The quantitative estimate of drug-likeness (QED) is 0.723. The van der Waals surface area contributed by atoms with Crippen LogP contribution in [0.5, 0.6) is 0 Å². The van der Waals surface area contributed by atoms with Gasteiger partial charge in [-0.3, -0.25) is 9.89 Å². The summed E-state index contributed by atoms with van der Waals surface area (Å²) in [5, 5.41) is 19.3. The molecule has 1 unspecified atom stereocenters. The summed E-state index contributed by atoms with van der Waals surface area (Å²) in [7, 11) is 0. The fourth-order valence-electron chi connectivity index (χ4n) is 4.21. The first-order chi connectivity index (χ1) is 13.1. The molecule has 1 aliphatic carbocycles. The van der Waals surface area contributed by atoms with Gasteiger partial charge in [0.15, 0.2) is 5.82 Å². The number of nitrogens with zero attached hydrogens (tertiary/aromatic N) is 3. The smallest absolute Gasteiger partial charge is 0.311 e. The second-order valence-electron chi connectivity index (χ2n) is 7.67. The Kier molecular flexibility index (Phi) is 5.11. The standard InChI is InChI=1S/C20H27N5O2/c1-13(20-22-18(23-24-20)12-19(26)27)21-16-7-9-25(10-8-16)17-6-5-14-3-2-4-15(14)11-17/h5-6,11,13,16,21H,2-4,7-10,12H2,1H3,(H,26,27)(H,22,23,24). The first kappa shape index (κ1) is 18.0. The highest BCUT2D eigenvalue weighted by Gasteiger charge is 2.23. The Morgan fingerprint density at radius 1 is 1.33 bits per heavy atom. The number of hydrogen-bond acceptors (Lipinski definition) is 5. The zero-order valence-corrected chi connectivity index (χ0v) is 15.7. The van der Waals surface area contributed by atoms with E-state index in [1.807, 2.05) is 6.92 Å². The molecule has 3 N–H and O–H groups in total. The van der Waals surface area contributed by atoms with Crippen LogP contribution in [-0.4, -0.2) is 45.4 Å². The predicted octanol–water partition coefficient (Wildman–Crippen LogP) is 2.24. The summed E-state index contributed by atoms with van der Waals surface area (Å²) in [6, 6.07) is 7.39. The SMILES string of the molecule is CC(NC1CCN(c2ccc3c(c2)CCC3)CC1)c1n[nH]c(CC(=O)O)n1. The molecule has 0 bridgehead atoms. The van der Waals surface area contributed by atoms with E-state index >= 15 is 0 Å². The van der Waals surface area contributed by atoms with Gasteiger partial charge in [0.25, 0.3) is 0 Å². The van der Waals surface area contributed by atoms with Gasteiger partial charge in [0.1, 0.15) is 12.2 Å². The van der Waals surface area contributed by atoms with Gasteiger partial charge in [0.2, 0.25) is 0 Å². The Bertz CT molecular complexity index is 810. The number of benzene rings is 1. The Morgan fingerprint density at radius 3 is 2.89 bits per heavy atom. The van der Waals surface area contributed by atoms with Crippen LogP contribution in [0.25, 0.3) is 0 Å². The molecule has 27 heavy (non-hydrogen) atoms. The first-order valence-corrected chi connectivity index (χ1v) is 9.84. The molecule has 0 radical (unpaired) electrons. The lowest BCUT2D eigenvalue weighted by Gasteiger charge is -2.35. The number of aliphatic carboxylic acids is 1. The number of carboxylic acid groups (broad SMARTS) is 1. The lowest BCUT2D eigenvalue weighted by atomic mass is 10.0. The van der Waals surface area contributed by atoms with E-state index in [-0.39, 0.29) is 12.5 Å². The highest BCUT2D eigenvalue weighted by atomic mass is 16.4. The van der Waals surface area contributed by atoms with Crippen LogP contribution < -0.4 is 10.2 Å². The fourth-order valence-corrected chi connectivity index (χ4v) is 4.21. The summed E-state index contributed by atoms with van der Waals surface area (Å²) in [6.45, 7) is 4.11. The van der Waals surface area contributed by atoms with Crippen molar-refractivity contribution in [2.45, 2.75) is 57.5 Å². The second-order valence-corrected chi connectivity index (χ2v) is 7.67. The van der Waals surface area contributed by atoms with Crippen LogP contribution in [0.2, 0.25) is 0 Å². The van der Waals surface area contributed by atoms with Crippen molar-refractivity contribution in [2.75, 3.05) is 18.0 Å². The third kappa shape index (κ3) is 4.13. The number of aryl methyl sites for hydroxylation is 2. The summed E-state index contributed by atoms with van der Waals surface area (Å²) in [5.74, 6) is 0.127. The van der Waals surface area contributed by atoms with Crippen LogP contribution in [0.1, 0.15) is 55.0 Å². The number of fused-ring (bicyclic) bond motifs is 1. The average Bonchev–Trinajstić information content (AvgIpc) is 3.30. The first-order valence-electron chi connectivity index (χ1n) is 9.84. The van der Waals surface area contributed by atoms with Crippen molar-refractivity contribution >= 4 is 11.7 Å². The van der Waals surface area contributed by atoms with E-state index in [9.17, 15) is 4.79 Å². The second kappa shape index (κ2) is 7.68. The molecular formula is C20H27N5O2. The largest absolute Gasteiger partial charge is 0.481 e. The van der Waals surface area contributed by atoms with Crippen LogP contribution in [0.4, 0.5) is 5.69 Å². The molecule has 2 heterocycles. The van der Waals surface area contributed by atoms with Crippen LogP contribution in [0.15, 0.2) is 18.2 Å². The normalized spacial score (nSPS) is 18.5. The van der Waals surface area contributed by atoms with E-state index in [0.717, 1.165) is 25.9 Å². The van der Waals surface area contributed by atoms with Gasteiger partial charge in [-0.25, -0.2) is 4.98 Å². The fraction of sp³-hybridized carbons (Fsp3) is 0.550. The van der Waals surface area contributed by atoms with Gasteiger partial charge in [-0.2, -0.15) is 5.10 Å². The Balaban J connectivity index is 1.30. The Hall–Kier alpha value is -2.41. The van der Waals surface area contributed by atoms with Crippen molar-refractivity contribution in [3.05, 3.63) is 41.0 Å². The maximum absolute atomic E-state index is 10.8. The van der Waals surface area contributed by atoms with E-state index in [1.54, 1.807) is 0 Å². The van der Waals surface area contributed by atoms with E-state index in [0.29, 0.717) is 17.7 Å². The van der Waals surface area contributed by atoms with Gasteiger partial charge in [-0.15, -0.1) is 0 Å². The van der Waals surface area contributed by atoms with Crippen LogP contribution in [0.3, 0.4) is 0 Å². The van der Waals surface area contributed by atoms with Crippen molar-refractivity contribution in [3.63, 3.8) is 0 Å². The van der Waals surface area contributed by atoms with Gasteiger partial charge in [0, 0.05) is 24.8 Å². The van der Waals surface area contributed by atoms with Gasteiger partial charge < -0.3 is 15.3 Å². The van der Waals surface area contributed by atoms with Gasteiger partial charge in [-0.05, 0) is 62.3 Å². The molecule has 1 saturated heterocycles. The van der Waals surface area contributed by atoms with E-state index < -0.39 is 5.97 Å². The molecule has 144 valence electrons. The molecule has 1 atom stereocenters. The zero-order chi connectivity index (χ0) is 18.8. The summed E-state index contributed by atoms with van der Waals surface area (Å²) >= 11 is 0.